The molecular weight excluding hydrogens is 343 g/mol. The predicted molar refractivity (Wildman–Crippen MR) is 101 cm³/mol. The van der Waals surface area contributed by atoms with Crippen LogP contribution in [-0.2, 0) is 29.8 Å². The number of benzene rings is 2. The molecule has 2 aromatic rings. The van der Waals surface area contributed by atoms with Crippen molar-refractivity contribution in [1.82, 2.24) is 10.6 Å². The molecular formula is C19H22Cl2N2O. The summed E-state index contributed by atoms with van der Waals surface area (Å²) in [5.74, 6) is 0.0124. The summed E-state index contributed by atoms with van der Waals surface area (Å²) in [4.78, 5) is 12.6. The molecule has 128 valence electrons. The number of amides is 1. The summed E-state index contributed by atoms with van der Waals surface area (Å²) in [7, 11) is 0. The first kappa shape index (κ1) is 18.8. The lowest BCUT2D eigenvalue weighted by Gasteiger charge is -2.24. The van der Waals surface area contributed by atoms with E-state index in [0.29, 0.717) is 11.6 Å². The van der Waals surface area contributed by atoms with Gasteiger partial charge in [0.05, 0.1) is 5.41 Å². The maximum Gasteiger partial charge on any atom is 0.230 e. The van der Waals surface area contributed by atoms with Crippen molar-refractivity contribution in [2.45, 2.75) is 38.9 Å². The molecule has 24 heavy (non-hydrogen) atoms. The molecule has 1 aliphatic rings. The molecule has 0 aliphatic carbocycles. The van der Waals surface area contributed by atoms with Gasteiger partial charge in [0.2, 0.25) is 5.91 Å². The Kier molecular flexibility index (Phi) is 5.92. The Labute approximate surface area is 154 Å². The Morgan fingerprint density at radius 1 is 1.12 bits per heavy atom. The van der Waals surface area contributed by atoms with Crippen LogP contribution >= 0.6 is 24.0 Å². The van der Waals surface area contributed by atoms with Gasteiger partial charge in [-0.25, -0.2) is 0 Å². The molecule has 3 nitrogen and oxygen atoms in total. The summed E-state index contributed by atoms with van der Waals surface area (Å²) in [5.41, 5.74) is 4.17. The lowest BCUT2D eigenvalue weighted by Crippen LogP contribution is -2.39. The zero-order valence-electron chi connectivity index (χ0n) is 13.9. The van der Waals surface area contributed by atoms with E-state index < -0.39 is 5.41 Å². The molecule has 1 aliphatic heterocycles. The monoisotopic (exact) mass is 364 g/mol. The first-order valence-corrected chi connectivity index (χ1v) is 8.20. The first-order valence-electron chi connectivity index (χ1n) is 7.82. The van der Waals surface area contributed by atoms with E-state index in [4.69, 9.17) is 11.6 Å². The molecule has 0 aromatic heterocycles. The molecule has 0 radical (unpaired) electrons. The van der Waals surface area contributed by atoms with Crippen molar-refractivity contribution in [3.05, 3.63) is 69.7 Å². The third kappa shape index (κ3) is 3.92. The second-order valence-corrected chi connectivity index (χ2v) is 6.96. The summed E-state index contributed by atoms with van der Waals surface area (Å²) < 4.78 is 0. The summed E-state index contributed by atoms with van der Waals surface area (Å²) in [5, 5.41) is 7.06. The molecule has 1 amide bonds. The van der Waals surface area contributed by atoms with Crippen molar-refractivity contribution < 1.29 is 4.79 Å². The van der Waals surface area contributed by atoms with Crippen LogP contribution in [0.15, 0.2) is 42.5 Å². The lowest BCUT2D eigenvalue weighted by atomic mass is 9.83. The number of hydrogen-bond donors (Lipinski definition) is 2. The standard InChI is InChI=1S/C19H21ClN2O.ClH/c1-19(2,16-5-7-17(20)8-6-16)18(23)22-10-13-3-4-14-11-21-12-15(14)9-13;/h3-9,21H,10-12H2,1-2H3,(H,22,23);1H. The molecule has 1 heterocycles. The van der Waals surface area contributed by atoms with Crippen LogP contribution in [-0.4, -0.2) is 5.91 Å². The third-order valence-corrected chi connectivity index (χ3v) is 4.74. The van der Waals surface area contributed by atoms with Crippen molar-refractivity contribution in [2.24, 2.45) is 0 Å². The number of carbonyl (C=O) groups excluding carboxylic acids is 1. The minimum absolute atomic E-state index is 0. The van der Waals surface area contributed by atoms with Gasteiger partial charge in [0, 0.05) is 24.7 Å². The number of fused-ring (bicyclic) bond motifs is 1. The Morgan fingerprint density at radius 3 is 2.50 bits per heavy atom. The van der Waals surface area contributed by atoms with Crippen molar-refractivity contribution in [2.75, 3.05) is 0 Å². The second-order valence-electron chi connectivity index (χ2n) is 6.52. The molecule has 2 aromatic carbocycles. The third-order valence-electron chi connectivity index (χ3n) is 4.49. The molecule has 0 bridgehead atoms. The van der Waals surface area contributed by atoms with E-state index in [1.165, 1.54) is 11.1 Å². The Hall–Kier alpha value is -1.55. The van der Waals surface area contributed by atoms with Gasteiger partial charge in [0.25, 0.3) is 0 Å². The van der Waals surface area contributed by atoms with Gasteiger partial charge in [0.15, 0.2) is 0 Å². The predicted octanol–water partition coefficient (Wildman–Crippen LogP) is 3.96. The highest BCUT2D eigenvalue weighted by molar-refractivity contribution is 6.30. The zero-order valence-corrected chi connectivity index (χ0v) is 15.4. The van der Waals surface area contributed by atoms with Crippen molar-refractivity contribution in [3.8, 4) is 0 Å². The topological polar surface area (TPSA) is 41.1 Å². The van der Waals surface area contributed by atoms with E-state index in [1.807, 2.05) is 38.1 Å². The highest BCUT2D eigenvalue weighted by Crippen LogP contribution is 2.25. The molecule has 0 unspecified atom stereocenters. The summed E-state index contributed by atoms with van der Waals surface area (Å²) >= 11 is 5.92. The number of halogens is 2. The van der Waals surface area contributed by atoms with Gasteiger partial charge >= 0.3 is 0 Å². The summed E-state index contributed by atoms with van der Waals surface area (Å²) in [6.45, 7) is 6.25. The van der Waals surface area contributed by atoms with Crippen molar-refractivity contribution in [3.63, 3.8) is 0 Å². The van der Waals surface area contributed by atoms with Gasteiger partial charge in [0.1, 0.15) is 0 Å². The van der Waals surface area contributed by atoms with Crippen LogP contribution in [0.4, 0.5) is 0 Å². The van der Waals surface area contributed by atoms with Crippen molar-refractivity contribution >= 4 is 29.9 Å². The molecule has 0 saturated heterocycles. The van der Waals surface area contributed by atoms with Crippen LogP contribution in [0.5, 0.6) is 0 Å². The molecule has 2 N–H and O–H groups in total. The van der Waals surface area contributed by atoms with E-state index in [9.17, 15) is 4.79 Å². The van der Waals surface area contributed by atoms with Crippen LogP contribution in [0.25, 0.3) is 0 Å². The van der Waals surface area contributed by atoms with Gasteiger partial charge in [-0.15, -0.1) is 12.4 Å². The van der Waals surface area contributed by atoms with E-state index in [-0.39, 0.29) is 18.3 Å². The largest absolute Gasteiger partial charge is 0.351 e. The summed E-state index contributed by atoms with van der Waals surface area (Å²) in [6, 6.07) is 13.8. The minimum Gasteiger partial charge on any atom is -0.351 e. The van der Waals surface area contributed by atoms with E-state index in [2.05, 4.69) is 28.8 Å². The lowest BCUT2D eigenvalue weighted by molar-refractivity contribution is -0.125. The average Bonchev–Trinajstić information content (AvgIpc) is 3.00. The fourth-order valence-electron chi connectivity index (χ4n) is 2.86. The van der Waals surface area contributed by atoms with E-state index >= 15 is 0 Å². The molecule has 0 fully saturated rings. The highest BCUT2D eigenvalue weighted by Gasteiger charge is 2.29. The first-order chi connectivity index (χ1) is 11.0. The van der Waals surface area contributed by atoms with Crippen molar-refractivity contribution in [1.29, 1.82) is 0 Å². The summed E-state index contributed by atoms with van der Waals surface area (Å²) in [6.07, 6.45) is 0. The number of nitrogens with one attached hydrogen (secondary N) is 2. The maximum absolute atomic E-state index is 12.6. The Balaban J connectivity index is 0.00000208. The van der Waals surface area contributed by atoms with Crippen LogP contribution < -0.4 is 10.6 Å². The van der Waals surface area contributed by atoms with E-state index in [0.717, 1.165) is 24.2 Å². The normalized spacial score (nSPS) is 13.1. The average molecular weight is 365 g/mol. The Morgan fingerprint density at radius 2 is 1.79 bits per heavy atom. The van der Waals surface area contributed by atoms with Crippen LogP contribution in [0.1, 0.15) is 36.1 Å². The number of rotatable bonds is 4. The van der Waals surface area contributed by atoms with Gasteiger partial charge in [-0.3, -0.25) is 4.79 Å². The van der Waals surface area contributed by atoms with Gasteiger partial charge in [-0.05, 0) is 48.2 Å². The molecule has 5 heteroatoms. The fourth-order valence-corrected chi connectivity index (χ4v) is 2.99. The molecule has 3 rings (SSSR count). The van der Waals surface area contributed by atoms with Crippen LogP contribution in [0.2, 0.25) is 5.02 Å². The maximum atomic E-state index is 12.6. The van der Waals surface area contributed by atoms with Crippen LogP contribution in [0, 0.1) is 0 Å². The van der Waals surface area contributed by atoms with Gasteiger partial charge < -0.3 is 10.6 Å². The molecule has 0 atom stereocenters. The minimum atomic E-state index is -0.594. The van der Waals surface area contributed by atoms with Gasteiger partial charge in [-0.1, -0.05) is 41.9 Å². The smallest absolute Gasteiger partial charge is 0.230 e. The quantitative estimate of drug-likeness (QED) is 0.861. The van der Waals surface area contributed by atoms with Gasteiger partial charge in [-0.2, -0.15) is 0 Å². The number of carbonyl (C=O) groups is 1. The Bertz CT molecular complexity index is 727. The van der Waals surface area contributed by atoms with E-state index in [1.54, 1.807) is 0 Å². The molecule has 0 spiro atoms. The second kappa shape index (κ2) is 7.56. The highest BCUT2D eigenvalue weighted by atomic mass is 35.5. The van der Waals surface area contributed by atoms with Crippen LogP contribution in [0.3, 0.4) is 0 Å². The fraction of sp³-hybridized carbons (Fsp3) is 0.316. The number of hydrogen-bond acceptors (Lipinski definition) is 2. The molecule has 0 saturated carbocycles. The zero-order chi connectivity index (χ0) is 16.4. The SMILES string of the molecule is CC(C)(C(=O)NCc1ccc2c(c1)CNC2)c1ccc(Cl)cc1.Cl.